The summed E-state index contributed by atoms with van der Waals surface area (Å²) in [6.45, 7) is 11.7. The number of aliphatic hydroxyl groups excluding tert-OH is 4. The SMILES string of the molecule is C=C1C[C@](OC)([C@H](O)C(=O)N[C@H]2OCO[C@H]3[C@H]2O[C@H](C[C@H](O)CCC[C@@H](O)[C@@H](O)/C=C/C=C/C(=O)N[C@@H](CCCN=C(N)N)C(=O)O)C(C)(C)[C@@H]3OC)O[C@H](C)[C@@H]1C. The lowest BCUT2D eigenvalue weighted by atomic mass is 9.72. The second kappa shape index (κ2) is 22.2. The van der Waals surface area contributed by atoms with E-state index in [0.717, 1.165) is 11.6 Å². The number of fused-ring (bicyclic) bond motifs is 1. The molecular formula is C39H65N5O14. The van der Waals surface area contributed by atoms with Crippen molar-refractivity contribution >= 4 is 23.7 Å². The van der Waals surface area contributed by atoms with Crippen molar-refractivity contribution in [1.82, 2.24) is 10.6 Å². The summed E-state index contributed by atoms with van der Waals surface area (Å²) in [5.74, 6) is -4.46. The van der Waals surface area contributed by atoms with Crippen LogP contribution in [0.3, 0.4) is 0 Å². The maximum atomic E-state index is 13.5. The van der Waals surface area contributed by atoms with E-state index >= 15 is 0 Å². The molecule has 3 saturated heterocycles. The number of hydrogen-bond donors (Lipinski definition) is 9. The van der Waals surface area contributed by atoms with E-state index in [1.807, 2.05) is 27.7 Å². The summed E-state index contributed by atoms with van der Waals surface area (Å²) in [6, 6.07) is -1.15. The number of carboxylic acids is 1. The Balaban J connectivity index is 1.53. The topological polar surface area (TPSA) is 296 Å². The molecule has 2 amide bonds. The van der Waals surface area contributed by atoms with Gasteiger partial charge in [0.1, 0.15) is 25.0 Å². The first-order valence-corrected chi connectivity index (χ1v) is 19.6. The molecular weight excluding hydrogens is 762 g/mol. The number of methoxy groups -OCH3 is 2. The summed E-state index contributed by atoms with van der Waals surface area (Å²) in [7, 11) is 2.89. The van der Waals surface area contributed by atoms with Gasteiger partial charge in [-0.05, 0) is 39.0 Å². The molecule has 3 fully saturated rings. The zero-order valence-corrected chi connectivity index (χ0v) is 34.3. The number of carbonyl (C=O) groups is 3. The molecule has 13 atom stereocenters. The fraction of sp³-hybridized carbons (Fsp3) is 0.744. The number of carbonyl (C=O) groups excluding carboxylic acids is 2. The minimum Gasteiger partial charge on any atom is -0.480 e. The molecule has 3 rings (SSSR count). The Morgan fingerprint density at radius 1 is 1.03 bits per heavy atom. The summed E-state index contributed by atoms with van der Waals surface area (Å²) in [4.78, 5) is 41.0. The van der Waals surface area contributed by atoms with E-state index in [9.17, 15) is 39.9 Å². The van der Waals surface area contributed by atoms with E-state index in [1.54, 1.807) is 0 Å². The third kappa shape index (κ3) is 13.0. The Hall–Kier alpha value is -3.50. The Morgan fingerprint density at radius 2 is 1.74 bits per heavy atom. The number of guanidine groups is 1. The van der Waals surface area contributed by atoms with Crippen LogP contribution in [0.25, 0.3) is 0 Å². The first kappa shape index (κ1) is 48.9. The molecule has 19 nitrogen and oxygen atoms in total. The number of aliphatic carboxylic acids is 1. The molecule has 0 aromatic heterocycles. The van der Waals surface area contributed by atoms with Crippen molar-refractivity contribution in [1.29, 1.82) is 0 Å². The van der Waals surface area contributed by atoms with Gasteiger partial charge in [0.25, 0.3) is 5.91 Å². The van der Waals surface area contributed by atoms with E-state index in [0.29, 0.717) is 12.8 Å². The number of rotatable bonds is 21. The maximum Gasteiger partial charge on any atom is 0.326 e. The first-order chi connectivity index (χ1) is 27.3. The highest BCUT2D eigenvalue weighted by molar-refractivity contribution is 5.91. The van der Waals surface area contributed by atoms with Crippen LogP contribution in [0.2, 0.25) is 0 Å². The van der Waals surface area contributed by atoms with Gasteiger partial charge < -0.3 is 76.1 Å². The number of aliphatic hydroxyl groups is 4. The van der Waals surface area contributed by atoms with Gasteiger partial charge in [-0.2, -0.15) is 0 Å². The van der Waals surface area contributed by atoms with Crippen molar-refractivity contribution in [3.05, 3.63) is 36.5 Å². The lowest BCUT2D eigenvalue weighted by Crippen LogP contribution is -2.69. The largest absolute Gasteiger partial charge is 0.480 e. The minimum absolute atomic E-state index is 0.00449. The van der Waals surface area contributed by atoms with Gasteiger partial charge in [0.15, 0.2) is 18.3 Å². The number of amides is 2. The molecule has 3 aliphatic rings. The van der Waals surface area contributed by atoms with Crippen molar-refractivity contribution in [2.45, 2.75) is 146 Å². The molecule has 19 heteroatoms. The minimum atomic E-state index is -1.74. The van der Waals surface area contributed by atoms with Crippen molar-refractivity contribution in [3.8, 4) is 0 Å². The van der Waals surface area contributed by atoms with E-state index in [1.165, 1.54) is 32.4 Å². The molecule has 0 aromatic rings. The van der Waals surface area contributed by atoms with Crippen LogP contribution in [0.1, 0.15) is 72.6 Å². The fourth-order valence-electron chi connectivity index (χ4n) is 7.46. The average Bonchev–Trinajstić information content (AvgIpc) is 3.16. The molecule has 11 N–H and O–H groups in total. The van der Waals surface area contributed by atoms with Gasteiger partial charge in [-0.25, -0.2) is 4.79 Å². The number of hydrogen-bond acceptors (Lipinski definition) is 14. The van der Waals surface area contributed by atoms with Gasteiger partial charge in [0.2, 0.25) is 11.7 Å². The molecule has 0 saturated carbocycles. The standard InChI is InChI=1S/C39H65N5O14/c1-21-19-39(54-7,58-23(3)22(21)2)32(49)34(50)44-35-31-30(55-20-56-35)33(53-6)38(4,5)28(57-31)18-24(45)12-10-15-27(47)26(46)14-8-9-16-29(48)43-25(36(51)52)13-11-17-42-37(40)41/h8-9,14,16,22-28,30-33,35,45-47,49H,1,10-13,15,17-20H2,2-7H3,(H,43,48)(H,44,50)(H,51,52)(H4,40,41,42)/b14-8+,16-9+/t22-,23-,24-,25+,26+,27-,28-,30+,31-,32-,33-,35+,39-/m1/s1. The van der Waals surface area contributed by atoms with Crippen molar-refractivity contribution < 1.29 is 68.3 Å². The highest BCUT2D eigenvalue weighted by Crippen LogP contribution is 2.44. The third-order valence-corrected chi connectivity index (χ3v) is 11.2. The van der Waals surface area contributed by atoms with Crippen molar-refractivity contribution in [3.63, 3.8) is 0 Å². The van der Waals surface area contributed by atoms with Gasteiger partial charge in [0.05, 0.1) is 36.6 Å². The monoisotopic (exact) mass is 827 g/mol. The second-order valence-corrected chi connectivity index (χ2v) is 15.7. The van der Waals surface area contributed by atoms with Gasteiger partial charge in [-0.15, -0.1) is 0 Å². The predicted octanol–water partition coefficient (Wildman–Crippen LogP) is -0.307. The van der Waals surface area contributed by atoms with E-state index in [2.05, 4.69) is 22.2 Å². The molecule has 3 heterocycles. The van der Waals surface area contributed by atoms with Crippen LogP contribution in [0.15, 0.2) is 41.4 Å². The van der Waals surface area contributed by atoms with Crippen LogP contribution < -0.4 is 22.1 Å². The second-order valence-electron chi connectivity index (χ2n) is 15.7. The van der Waals surface area contributed by atoms with Crippen molar-refractivity contribution in [2.75, 3.05) is 27.6 Å². The average molecular weight is 828 g/mol. The fourth-order valence-corrected chi connectivity index (χ4v) is 7.46. The lowest BCUT2D eigenvalue weighted by molar-refractivity contribution is -0.332. The molecule has 330 valence electrons. The Labute approximate surface area is 339 Å². The third-order valence-electron chi connectivity index (χ3n) is 11.2. The Kier molecular flexibility index (Phi) is 18.7. The molecule has 0 unspecified atom stereocenters. The van der Waals surface area contributed by atoms with E-state index < -0.39 is 90.1 Å². The highest BCUT2D eigenvalue weighted by Gasteiger charge is 2.57. The smallest absolute Gasteiger partial charge is 0.326 e. The quantitative estimate of drug-likeness (QED) is 0.0179. The summed E-state index contributed by atoms with van der Waals surface area (Å²) in [5, 5.41) is 57.8. The molecule has 0 bridgehead atoms. The summed E-state index contributed by atoms with van der Waals surface area (Å²) in [6.07, 6.45) is -2.74. The molecule has 0 aliphatic carbocycles. The lowest BCUT2D eigenvalue weighted by Gasteiger charge is -2.54. The van der Waals surface area contributed by atoms with E-state index in [4.69, 9.17) is 39.9 Å². The number of ether oxygens (including phenoxy) is 6. The molecule has 0 spiro atoms. The molecule has 0 radical (unpaired) electrons. The molecule has 58 heavy (non-hydrogen) atoms. The summed E-state index contributed by atoms with van der Waals surface area (Å²) in [5.41, 5.74) is 10.6. The van der Waals surface area contributed by atoms with Crippen LogP contribution in [0.4, 0.5) is 0 Å². The summed E-state index contributed by atoms with van der Waals surface area (Å²) >= 11 is 0. The number of allylic oxidation sites excluding steroid dienone is 2. The van der Waals surface area contributed by atoms with Gasteiger partial charge >= 0.3 is 5.97 Å². The molecule has 0 aromatic carbocycles. The number of nitrogens with one attached hydrogen (secondary N) is 2. The zero-order chi connectivity index (χ0) is 43.4. The molecule has 3 aliphatic heterocycles. The predicted molar refractivity (Wildman–Crippen MR) is 209 cm³/mol. The summed E-state index contributed by atoms with van der Waals surface area (Å²) < 4.78 is 35.7. The van der Waals surface area contributed by atoms with Gasteiger partial charge in [-0.1, -0.05) is 51.2 Å². The van der Waals surface area contributed by atoms with Crippen LogP contribution >= 0.6 is 0 Å². The van der Waals surface area contributed by atoms with Crippen LogP contribution in [-0.4, -0.2) is 150 Å². The maximum absolute atomic E-state index is 13.5. The highest BCUT2D eigenvalue weighted by atomic mass is 16.7. The number of aliphatic imine (C=N–C) groups is 1. The van der Waals surface area contributed by atoms with Gasteiger partial charge in [0, 0.05) is 51.0 Å². The number of nitrogens with two attached hydrogens (primary N) is 2. The Morgan fingerprint density at radius 3 is 2.36 bits per heavy atom. The van der Waals surface area contributed by atoms with Crippen LogP contribution in [0, 0.1) is 11.3 Å². The van der Waals surface area contributed by atoms with Crippen LogP contribution in [-0.2, 0) is 42.8 Å². The van der Waals surface area contributed by atoms with Crippen molar-refractivity contribution in [2.24, 2.45) is 27.8 Å². The van der Waals surface area contributed by atoms with Crippen LogP contribution in [0.5, 0.6) is 0 Å². The normalized spacial score (nSPS) is 31.1. The number of carboxylic acid groups (broad SMARTS) is 1. The zero-order valence-electron chi connectivity index (χ0n) is 34.3. The van der Waals surface area contributed by atoms with Gasteiger partial charge in [-0.3, -0.25) is 14.6 Å². The first-order valence-electron chi connectivity index (χ1n) is 19.6. The number of nitrogens with zero attached hydrogens (tertiary/aromatic N) is 1. The Bertz CT molecular complexity index is 1470. The van der Waals surface area contributed by atoms with E-state index in [-0.39, 0.29) is 63.4 Å².